The van der Waals surface area contributed by atoms with Crippen LogP contribution in [0, 0.1) is 0 Å². The first-order chi connectivity index (χ1) is 8.95. The highest BCUT2D eigenvalue weighted by atomic mass is 14.9. The van der Waals surface area contributed by atoms with Gasteiger partial charge in [0, 0.05) is 24.0 Å². The summed E-state index contributed by atoms with van der Waals surface area (Å²) in [6.45, 7) is 1.13. The molecule has 1 aliphatic heterocycles. The van der Waals surface area contributed by atoms with Gasteiger partial charge in [-0.05, 0) is 36.6 Å². The van der Waals surface area contributed by atoms with Gasteiger partial charge >= 0.3 is 0 Å². The Morgan fingerprint density at radius 2 is 1.94 bits per heavy atom. The third-order valence-electron chi connectivity index (χ3n) is 3.63. The number of rotatable bonds is 2. The molecule has 1 aromatic heterocycles. The molecular formula is C16H18N2. The van der Waals surface area contributed by atoms with Crippen LogP contribution in [0.4, 0.5) is 0 Å². The van der Waals surface area contributed by atoms with E-state index in [1.54, 1.807) is 0 Å². The molecule has 2 heterocycles. The van der Waals surface area contributed by atoms with Crippen LogP contribution in [-0.2, 0) is 0 Å². The fourth-order valence-corrected chi connectivity index (χ4v) is 2.69. The maximum atomic E-state index is 4.29. The number of piperidine rings is 1. The first-order valence-corrected chi connectivity index (χ1v) is 6.68. The molecule has 0 bridgehead atoms. The maximum absolute atomic E-state index is 4.29. The Kier molecular flexibility index (Phi) is 3.37. The normalized spacial score (nSPS) is 19.7. The molecule has 2 aromatic rings. The second kappa shape index (κ2) is 5.32. The summed E-state index contributed by atoms with van der Waals surface area (Å²) >= 11 is 0. The number of benzene rings is 1. The van der Waals surface area contributed by atoms with Crippen molar-refractivity contribution in [1.82, 2.24) is 10.3 Å². The summed E-state index contributed by atoms with van der Waals surface area (Å²) in [7, 11) is 0. The van der Waals surface area contributed by atoms with E-state index in [2.05, 4.69) is 46.7 Å². The van der Waals surface area contributed by atoms with Crippen molar-refractivity contribution in [2.45, 2.75) is 25.3 Å². The minimum atomic E-state index is 0.483. The van der Waals surface area contributed by atoms with E-state index in [1.807, 2.05) is 12.4 Å². The molecule has 1 aromatic carbocycles. The van der Waals surface area contributed by atoms with Gasteiger partial charge in [0.15, 0.2) is 0 Å². The highest BCUT2D eigenvalue weighted by Gasteiger charge is 2.18. The van der Waals surface area contributed by atoms with Crippen molar-refractivity contribution in [3.05, 3.63) is 54.4 Å². The van der Waals surface area contributed by atoms with Crippen LogP contribution in [-0.4, -0.2) is 11.5 Å². The number of nitrogens with zero attached hydrogens (tertiary/aromatic N) is 1. The average molecular weight is 238 g/mol. The third-order valence-corrected chi connectivity index (χ3v) is 3.63. The summed E-state index contributed by atoms with van der Waals surface area (Å²) in [5.41, 5.74) is 3.90. The van der Waals surface area contributed by atoms with Crippen molar-refractivity contribution < 1.29 is 0 Å². The molecule has 0 saturated carbocycles. The number of hydrogen-bond acceptors (Lipinski definition) is 2. The molecule has 18 heavy (non-hydrogen) atoms. The van der Waals surface area contributed by atoms with Crippen molar-refractivity contribution in [3.8, 4) is 11.1 Å². The van der Waals surface area contributed by atoms with Gasteiger partial charge < -0.3 is 5.32 Å². The minimum absolute atomic E-state index is 0.483. The first kappa shape index (κ1) is 11.4. The molecule has 0 radical (unpaired) electrons. The van der Waals surface area contributed by atoms with Gasteiger partial charge in [0.1, 0.15) is 0 Å². The van der Waals surface area contributed by atoms with Crippen LogP contribution in [0.25, 0.3) is 11.1 Å². The maximum Gasteiger partial charge on any atom is 0.0349 e. The zero-order valence-corrected chi connectivity index (χ0v) is 10.5. The SMILES string of the molecule is c1ccc(-c2cnccc2C2CCCCN2)cc1. The molecule has 0 aliphatic carbocycles. The standard InChI is InChI=1S/C16H18N2/c1-2-6-13(7-3-1)15-12-17-11-9-14(15)16-8-4-5-10-18-16/h1-3,6-7,9,11-12,16,18H,4-5,8,10H2. The topological polar surface area (TPSA) is 24.9 Å². The molecule has 1 unspecified atom stereocenters. The highest BCUT2D eigenvalue weighted by molar-refractivity contribution is 5.66. The molecule has 2 nitrogen and oxygen atoms in total. The number of pyridine rings is 1. The fraction of sp³-hybridized carbons (Fsp3) is 0.312. The number of aromatic nitrogens is 1. The molecule has 3 rings (SSSR count). The molecule has 1 atom stereocenters. The monoisotopic (exact) mass is 238 g/mol. The van der Waals surface area contributed by atoms with E-state index in [-0.39, 0.29) is 0 Å². The molecule has 0 spiro atoms. The Morgan fingerprint density at radius 3 is 2.72 bits per heavy atom. The molecule has 1 aliphatic rings. The van der Waals surface area contributed by atoms with Gasteiger partial charge in [-0.1, -0.05) is 36.8 Å². The van der Waals surface area contributed by atoms with E-state index in [0.717, 1.165) is 6.54 Å². The lowest BCUT2D eigenvalue weighted by Gasteiger charge is -2.25. The fourth-order valence-electron chi connectivity index (χ4n) is 2.69. The Morgan fingerprint density at radius 1 is 1.06 bits per heavy atom. The number of hydrogen-bond donors (Lipinski definition) is 1. The van der Waals surface area contributed by atoms with E-state index >= 15 is 0 Å². The Bertz CT molecular complexity index is 502. The van der Waals surface area contributed by atoms with Gasteiger partial charge in [-0.3, -0.25) is 4.98 Å². The second-order valence-corrected chi connectivity index (χ2v) is 4.83. The molecule has 1 fully saturated rings. The van der Waals surface area contributed by atoms with E-state index in [0.29, 0.717) is 6.04 Å². The largest absolute Gasteiger partial charge is 0.310 e. The van der Waals surface area contributed by atoms with E-state index in [1.165, 1.54) is 36.0 Å². The second-order valence-electron chi connectivity index (χ2n) is 4.83. The number of nitrogens with one attached hydrogen (secondary N) is 1. The predicted molar refractivity (Wildman–Crippen MR) is 74.3 cm³/mol. The van der Waals surface area contributed by atoms with Crippen LogP contribution in [0.15, 0.2) is 48.8 Å². The van der Waals surface area contributed by atoms with Crippen LogP contribution >= 0.6 is 0 Å². The van der Waals surface area contributed by atoms with Crippen LogP contribution in [0.3, 0.4) is 0 Å². The van der Waals surface area contributed by atoms with Crippen LogP contribution in [0.1, 0.15) is 30.9 Å². The molecule has 1 N–H and O–H groups in total. The van der Waals surface area contributed by atoms with Crippen molar-refractivity contribution >= 4 is 0 Å². The molecule has 0 amide bonds. The zero-order chi connectivity index (χ0) is 12.2. The lowest BCUT2D eigenvalue weighted by molar-refractivity contribution is 0.413. The summed E-state index contributed by atoms with van der Waals surface area (Å²) in [6, 6.07) is 13.2. The zero-order valence-electron chi connectivity index (χ0n) is 10.5. The minimum Gasteiger partial charge on any atom is -0.310 e. The molecular weight excluding hydrogens is 220 g/mol. The van der Waals surface area contributed by atoms with Gasteiger partial charge in [0.2, 0.25) is 0 Å². The van der Waals surface area contributed by atoms with Gasteiger partial charge in [0.05, 0.1) is 0 Å². The first-order valence-electron chi connectivity index (χ1n) is 6.68. The van der Waals surface area contributed by atoms with Crippen LogP contribution in [0.5, 0.6) is 0 Å². The third kappa shape index (κ3) is 2.29. The van der Waals surface area contributed by atoms with Gasteiger partial charge in [-0.15, -0.1) is 0 Å². The van der Waals surface area contributed by atoms with Crippen LogP contribution < -0.4 is 5.32 Å². The van der Waals surface area contributed by atoms with E-state index in [9.17, 15) is 0 Å². The lowest BCUT2D eigenvalue weighted by Crippen LogP contribution is -2.27. The molecule has 1 saturated heterocycles. The molecule has 2 heteroatoms. The van der Waals surface area contributed by atoms with Crippen LogP contribution in [0.2, 0.25) is 0 Å². The van der Waals surface area contributed by atoms with Gasteiger partial charge in [-0.25, -0.2) is 0 Å². The van der Waals surface area contributed by atoms with Crippen molar-refractivity contribution in [3.63, 3.8) is 0 Å². The smallest absolute Gasteiger partial charge is 0.0349 e. The van der Waals surface area contributed by atoms with Crippen molar-refractivity contribution in [2.24, 2.45) is 0 Å². The Labute approximate surface area is 108 Å². The van der Waals surface area contributed by atoms with E-state index < -0.39 is 0 Å². The summed E-state index contributed by atoms with van der Waals surface area (Å²) < 4.78 is 0. The van der Waals surface area contributed by atoms with Gasteiger partial charge in [0.25, 0.3) is 0 Å². The lowest BCUT2D eigenvalue weighted by atomic mass is 9.92. The average Bonchev–Trinajstić information content (AvgIpc) is 2.49. The Hall–Kier alpha value is -1.67. The van der Waals surface area contributed by atoms with Crippen molar-refractivity contribution in [2.75, 3.05) is 6.54 Å². The Balaban J connectivity index is 1.99. The predicted octanol–water partition coefficient (Wildman–Crippen LogP) is 3.56. The summed E-state index contributed by atoms with van der Waals surface area (Å²) in [4.78, 5) is 4.29. The van der Waals surface area contributed by atoms with Gasteiger partial charge in [-0.2, -0.15) is 0 Å². The molecule has 92 valence electrons. The summed E-state index contributed by atoms with van der Waals surface area (Å²) in [5.74, 6) is 0. The quantitative estimate of drug-likeness (QED) is 0.865. The van der Waals surface area contributed by atoms with E-state index in [4.69, 9.17) is 0 Å². The highest BCUT2D eigenvalue weighted by Crippen LogP contribution is 2.31. The summed E-state index contributed by atoms with van der Waals surface area (Å²) in [5, 5.41) is 3.62. The van der Waals surface area contributed by atoms with Crippen molar-refractivity contribution in [1.29, 1.82) is 0 Å². The summed E-state index contributed by atoms with van der Waals surface area (Å²) in [6.07, 6.45) is 7.72.